The maximum Gasteiger partial charge on any atom is 0.0852 e. The Hall–Kier alpha value is -1.38. The summed E-state index contributed by atoms with van der Waals surface area (Å²) in [6.07, 6.45) is 0.113. The van der Waals surface area contributed by atoms with Crippen LogP contribution in [0.5, 0.6) is 0 Å². The molecule has 1 aliphatic carbocycles. The number of halogens is 1. The van der Waals surface area contributed by atoms with E-state index in [1.807, 2.05) is 24.3 Å². The summed E-state index contributed by atoms with van der Waals surface area (Å²) in [5.74, 6) is 0. The largest absolute Gasteiger partial charge is 0.388 e. The Bertz CT molecular complexity index is 606. The van der Waals surface area contributed by atoms with E-state index < -0.39 is 6.10 Å². The van der Waals surface area contributed by atoms with Crippen LogP contribution >= 0.6 is 11.6 Å². The van der Waals surface area contributed by atoms with Crippen LogP contribution in [0.4, 0.5) is 0 Å². The molecule has 0 amide bonds. The number of fused-ring (bicyclic) bond motifs is 2. The van der Waals surface area contributed by atoms with E-state index in [2.05, 4.69) is 11.6 Å². The van der Waals surface area contributed by atoms with Crippen LogP contribution in [0, 0.1) is 0 Å². The molecule has 1 aromatic carbocycles. The number of aliphatic hydroxyl groups is 1. The predicted octanol–water partition coefficient (Wildman–Crippen LogP) is 3.34. The first-order valence-corrected chi connectivity index (χ1v) is 5.49. The maximum atomic E-state index is 9.84. The highest BCUT2D eigenvalue weighted by molar-refractivity contribution is 6.31. The molecule has 2 aromatic rings. The Balaban J connectivity index is 2.34. The Kier molecular flexibility index (Phi) is 2.03. The summed E-state index contributed by atoms with van der Waals surface area (Å²) in [5, 5.41) is 11.5. The van der Waals surface area contributed by atoms with Gasteiger partial charge in [-0.05, 0) is 23.8 Å². The van der Waals surface area contributed by atoms with Crippen LogP contribution in [-0.4, -0.2) is 10.1 Å². The molecule has 0 fully saturated rings. The molecule has 0 saturated carbocycles. The molecule has 3 rings (SSSR count). The van der Waals surface area contributed by atoms with Gasteiger partial charge in [-0.25, -0.2) is 4.98 Å². The van der Waals surface area contributed by atoms with Crippen molar-refractivity contribution in [2.24, 2.45) is 0 Å². The van der Waals surface area contributed by atoms with Gasteiger partial charge in [-0.3, -0.25) is 0 Å². The molecule has 1 heterocycles. The topological polar surface area (TPSA) is 33.1 Å². The standard InChI is InChI=1S/C13H10ClNO/c1-7-4-12(16)10-5-8-2-3-9(14)6-11(8)15-13(7)10/h2-3,5-6,12,16H,1,4H2. The van der Waals surface area contributed by atoms with Gasteiger partial charge in [0.2, 0.25) is 0 Å². The first-order chi connectivity index (χ1) is 7.65. The molecule has 1 unspecified atom stereocenters. The second-order valence-corrected chi connectivity index (χ2v) is 4.52. The highest BCUT2D eigenvalue weighted by Crippen LogP contribution is 2.38. The fourth-order valence-electron chi connectivity index (χ4n) is 2.13. The second kappa shape index (κ2) is 3.30. The third-order valence-corrected chi connectivity index (χ3v) is 3.18. The Morgan fingerprint density at radius 2 is 2.19 bits per heavy atom. The Morgan fingerprint density at radius 3 is 3.00 bits per heavy atom. The number of benzene rings is 1. The fourth-order valence-corrected chi connectivity index (χ4v) is 2.30. The molecule has 0 aliphatic heterocycles. The zero-order valence-corrected chi connectivity index (χ0v) is 9.33. The molecule has 1 aromatic heterocycles. The van der Waals surface area contributed by atoms with Gasteiger partial charge in [0, 0.05) is 22.4 Å². The molecule has 1 aliphatic rings. The molecule has 0 saturated heterocycles. The van der Waals surface area contributed by atoms with Gasteiger partial charge in [0.1, 0.15) is 0 Å². The number of nitrogens with zero attached hydrogens (tertiary/aromatic N) is 1. The van der Waals surface area contributed by atoms with Crippen molar-refractivity contribution in [1.82, 2.24) is 4.98 Å². The van der Waals surface area contributed by atoms with Crippen molar-refractivity contribution in [3.8, 4) is 0 Å². The van der Waals surface area contributed by atoms with E-state index in [1.165, 1.54) is 0 Å². The van der Waals surface area contributed by atoms with Crippen molar-refractivity contribution in [3.05, 3.63) is 47.1 Å². The van der Waals surface area contributed by atoms with Crippen molar-refractivity contribution in [3.63, 3.8) is 0 Å². The summed E-state index contributed by atoms with van der Waals surface area (Å²) in [5.41, 5.74) is 3.44. The highest BCUT2D eigenvalue weighted by atomic mass is 35.5. The molecule has 3 heteroatoms. The Morgan fingerprint density at radius 1 is 1.38 bits per heavy atom. The van der Waals surface area contributed by atoms with Gasteiger partial charge in [-0.15, -0.1) is 0 Å². The van der Waals surface area contributed by atoms with E-state index in [0.29, 0.717) is 11.4 Å². The summed E-state index contributed by atoms with van der Waals surface area (Å²) < 4.78 is 0. The monoisotopic (exact) mass is 231 g/mol. The SMILES string of the molecule is C=C1CC(O)c2cc3ccc(Cl)cc3nc21. The smallest absolute Gasteiger partial charge is 0.0852 e. The zero-order valence-electron chi connectivity index (χ0n) is 8.57. The van der Waals surface area contributed by atoms with E-state index in [9.17, 15) is 5.11 Å². The van der Waals surface area contributed by atoms with Gasteiger partial charge < -0.3 is 5.11 Å². The second-order valence-electron chi connectivity index (χ2n) is 4.09. The molecule has 0 spiro atoms. The van der Waals surface area contributed by atoms with Gasteiger partial charge in [0.15, 0.2) is 0 Å². The van der Waals surface area contributed by atoms with Crippen molar-refractivity contribution in [1.29, 1.82) is 0 Å². The first-order valence-electron chi connectivity index (χ1n) is 5.11. The number of rotatable bonds is 0. The van der Waals surface area contributed by atoms with Gasteiger partial charge in [0.05, 0.1) is 17.3 Å². The van der Waals surface area contributed by atoms with Gasteiger partial charge in [-0.2, -0.15) is 0 Å². The molecular weight excluding hydrogens is 222 g/mol. The highest BCUT2D eigenvalue weighted by Gasteiger charge is 2.25. The molecule has 0 radical (unpaired) electrons. The fraction of sp³-hybridized carbons (Fsp3) is 0.154. The molecule has 1 N–H and O–H groups in total. The summed E-state index contributed by atoms with van der Waals surface area (Å²) in [4.78, 5) is 4.50. The third-order valence-electron chi connectivity index (χ3n) is 2.94. The van der Waals surface area contributed by atoms with Crippen molar-refractivity contribution < 1.29 is 5.11 Å². The van der Waals surface area contributed by atoms with E-state index >= 15 is 0 Å². The summed E-state index contributed by atoms with van der Waals surface area (Å²) in [7, 11) is 0. The van der Waals surface area contributed by atoms with Crippen molar-refractivity contribution >= 4 is 28.1 Å². The van der Waals surface area contributed by atoms with Crippen molar-refractivity contribution in [2.45, 2.75) is 12.5 Å². The average Bonchev–Trinajstić information content (AvgIpc) is 2.52. The Labute approximate surface area is 98.2 Å². The lowest BCUT2D eigenvalue weighted by atomic mass is 10.1. The summed E-state index contributed by atoms with van der Waals surface area (Å²) in [6, 6.07) is 7.54. The van der Waals surface area contributed by atoms with Crippen LogP contribution in [0.1, 0.15) is 23.8 Å². The van der Waals surface area contributed by atoms with Crippen LogP contribution in [-0.2, 0) is 0 Å². The van der Waals surface area contributed by atoms with Crippen LogP contribution in [0.2, 0.25) is 5.02 Å². The van der Waals surface area contributed by atoms with Gasteiger partial charge in [-0.1, -0.05) is 24.2 Å². The summed E-state index contributed by atoms with van der Waals surface area (Å²) in [6.45, 7) is 3.92. The summed E-state index contributed by atoms with van der Waals surface area (Å²) >= 11 is 5.92. The van der Waals surface area contributed by atoms with Crippen molar-refractivity contribution in [2.75, 3.05) is 0 Å². The minimum atomic E-state index is -0.463. The van der Waals surface area contributed by atoms with E-state index in [4.69, 9.17) is 11.6 Å². The number of hydrogen-bond acceptors (Lipinski definition) is 2. The number of hydrogen-bond donors (Lipinski definition) is 1. The quantitative estimate of drug-likeness (QED) is 0.754. The number of aliphatic hydroxyl groups excluding tert-OH is 1. The van der Waals surface area contributed by atoms with Crippen LogP contribution < -0.4 is 0 Å². The van der Waals surface area contributed by atoms with Crippen LogP contribution in [0.3, 0.4) is 0 Å². The first kappa shape index (κ1) is 9.82. The third kappa shape index (κ3) is 1.34. The predicted molar refractivity (Wildman–Crippen MR) is 65.4 cm³/mol. The number of aromatic nitrogens is 1. The van der Waals surface area contributed by atoms with Gasteiger partial charge >= 0.3 is 0 Å². The molecule has 80 valence electrons. The molecule has 0 bridgehead atoms. The van der Waals surface area contributed by atoms with Gasteiger partial charge in [0.25, 0.3) is 0 Å². The molecule has 2 nitrogen and oxygen atoms in total. The molecule has 16 heavy (non-hydrogen) atoms. The normalized spacial score (nSPS) is 19.1. The van der Waals surface area contributed by atoms with E-state index in [0.717, 1.165) is 27.7 Å². The molecular formula is C13H10ClNO. The maximum absolute atomic E-state index is 9.84. The lowest BCUT2D eigenvalue weighted by Crippen LogP contribution is -1.92. The lowest BCUT2D eigenvalue weighted by Gasteiger charge is -2.05. The lowest BCUT2D eigenvalue weighted by molar-refractivity contribution is 0.190. The van der Waals surface area contributed by atoms with Crippen LogP contribution in [0.15, 0.2) is 30.8 Å². The minimum Gasteiger partial charge on any atom is -0.388 e. The average molecular weight is 232 g/mol. The van der Waals surface area contributed by atoms with E-state index in [-0.39, 0.29) is 0 Å². The molecule has 1 atom stereocenters. The minimum absolute atomic E-state index is 0.463. The zero-order chi connectivity index (χ0) is 11.3. The van der Waals surface area contributed by atoms with E-state index in [1.54, 1.807) is 0 Å². The van der Waals surface area contributed by atoms with Crippen LogP contribution in [0.25, 0.3) is 16.5 Å². The number of pyridine rings is 1.